The average Bonchev–Trinajstić information content (AvgIpc) is 2.48. The predicted octanol–water partition coefficient (Wildman–Crippen LogP) is 4.72. The van der Waals surface area contributed by atoms with Gasteiger partial charge in [-0.1, -0.05) is 31.5 Å². The molecule has 0 aliphatic heterocycles. The molecule has 118 valence electrons. The molecule has 0 saturated heterocycles. The number of methoxy groups -OCH3 is 1. The minimum atomic E-state index is 0.602. The minimum absolute atomic E-state index is 0.602. The highest BCUT2D eigenvalue weighted by Gasteiger charge is 2.32. The molecule has 1 N–H and O–H groups in total. The van der Waals surface area contributed by atoms with Crippen molar-refractivity contribution in [3.8, 4) is 5.75 Å². The van der Waals surface area contributed by atoms with Gasteiger partial charge in [0.25, 0.3) is 0 Å². The van der Waals surface area contributed by atoms with Gasteiger partial charge in [-0.15, -0.1) is 0 Å². The molecule has 1 aliphatic rings. The van der Waals surface area contributed by atoms with Gasteiger partial charge in [-0.05, 0) is 74.2 Å². The monoisotopic (exact) mass is 309 g/mol. The molecule has 3 atom stereocenters. The Morgan fingerprint density at radius 1 is 1.33 bits per heavy atom. The maximum atomic E-state index is 6.17. The van der Waals surface area contributed by atoms with Crippen LogP contribution in [0.3, 0.4) is 0 Å². The summed E-state index contributed by atoms with van der Waals surface area (Å²) in [5.41, 5.74) is 1.38. The van der Waals surface area contributed by atoms with Crippen LogP contribution in [0.4, 0.5) is 0 Å². The van der Waals surface area contributed by atoms with Gasteiger partial charge >= 0.3 is 0 Å². The lowest BCUT2D eigenvalue weighted by Crippen LogP contribution is -2.32. The van der Waals surface area contributed by atoms with Crippen LogP contribution in [0.1, 0.15) is 44.6 Å². The van der Waals surface area contributed by atoms with Gasteiger partial charge in [-0.2, -0.15) is 0 Å². The van der Waals surface area contributed by atoms with Crippen molar-refractivity contribution in [2.75, 3.05) is 20.7 Å². The van der Waals surface area contributed by atoms with Crippen LogP contribution in [0.2, 0.25) is 5.02 Å². The molecule has 0 bridgehead atoms. The van der Waals surface area contributed by atoms with E-state index in [1.165, 1.54) is 24.8 Å². The van der Waals surface area contributed by atoms with E-state index in [-0.39, 0.29) is 0 Å². The molecule has 2 rings (SSSR count). The fraction of sp³-hybridized carbons (Fsp3) is 0.667. The normalized spacial score (nSPS) is 26.1. The van der Waals surface area contributed by atoms with Crippen LogP contribution in [-0.4, -0.2) is 20.7 Å². The summed E-state index contributed by atoms with van der Waals surface area (Å²) in [6.45, 7) is 5.78. The van der Waals surface area contributed by atoms with Crippen LogP contribution in [0.15, 0.2) is 18.2 Å². The van der Waals surface area contributed by atoms with Crippen molar-refractivity contribution in [3.63, 3.8) is 0 Å². The Morgan fingerprint density at radius 2 is 2.10 bits per heavy atom. The maximum Gasteiger partial charge on any atom is 0.137 e. The van der Waals surface area contributed by atoms with Gasteiger partial charge in [0, 0.05) is 0 Å². The number of hydrogen-bond donors (Lipinski definition) is 1. The van der Waals surface area contributed by atoms with E-state index >= 15 is 0 Å². The zero-order valence-corrected chi connectivity index (χ0v) is 14.4. The van der Waals surface area contributed by atoms with Crippen LogP contribution in [0.25, 0.3) is 0 Å². The van der Waals surface area contributed by atoms with Crippen molar-refractivity contribution >= 4 is 11.6 Å². The van der Waals surface area contributed by atoms with Crippen LogP contribution in [0.5, 0.6) is 5.75 Å². The summed E-state index contributed by atoms with van der Waals surface area (Å²) in [5.74, 6) is 3.69. The largest absolute Gasteiger partial charge is 0.495 e. The zero-order chi connectivity index (χ0) is 15.4. The predicted molar refractivity (Wildman–Crippen MR) is 90.3 cm³/mol. The Morgan fingerprint density at radius 3 is 2.71 bits per heavy atom. The van der Waals surface area contributed by atoms with Crippen LogP contribution in [0, 0.1) is 17.8 Å². The van der Waals surface area contributed by atoms with Crippen LogP contribution >= 0.6 is 11.6 Å². The fourth-order valence-electron chi connectivity index (χ4n) is 3.69. The van der Waals surface area contributed by atoms with Crippen molar-refractivity contribution in [3.05, 3.63) is 28.8 Å². The second-order valence-corrected chi connectivity index (χ2v) is 7.04. The van der Waals surface area contributed by atoms with Crippen molar-refractivity contribution < 1.29 is 4.74 Å². The highest BCUT2D eigenvalue weighted by Crippen LogP contribution is 2.44. The van der Waals surface area contributed by atoms with Crippen LogP contribution in [-0.2, 0) is 0 Å². The molecule has 1 aromatic carbocycles. The Hall–Kier alpha value is -0.730. The lowest BCUT2D eigenvalue weighted by Gasteiger charge is -2.38. The second-order valence-electron chi connectivity index (χ2n) is 6.64. The molecule has 1 fully saturated rings. The third-order valence-corrected chi connectivity index (χ3v) is 5.36. The summed E-state index contributed by atoms with van der Waals surface area (Å²) < 4.78 is 5.40. The minimum Gasteiger partial charge on any atom is -0.495 e. The molecule has 3 unspecified atom stereocenters. The molecule has 2 nitrogen and oxygen atoms in total. The van der Waals surface area contributed by atoms with Crippen molar-refractivity contribution in [1.82, 2.24) is 5.32 Å². The van der Waals surface area contributed by atoms with Gasteiger partial charge in [0.15, 0.2) is 0 Å². The van der Waals surface area contributed by atoms with E-state index in [9.17, 15) is 0 Å². The first-order chi connectivity index (χ1) is 10.1. The molecular weight excluding hydrogens is 282 g/mol. The summed E-state index contributed by atoms with van der Waals surface area (Å²) in [4.78, 5) is 0. The molecular formula is C18H28ClNO. The van der Waals surface area contributed by atoms with E-state index in [4.69, 9.17) is 16.3 Å². The third-order valence-electron chi connectivity index (χ3n) is 5.05. The molecule has 0 spiro atoms. The molecule has 21 heavy (non-hydrogen) atoms. The summed E-state index contributed by atoms with van der Waals surface area (Å²) >= 11 is 6.17. The number of nitrogens with one attached hydrogen (secondary N) is 1. The summed E-state index contributed by atoms with van der Waals surface area (Å²) in [6.07, 6.45) is 3.93. The summed E-state index contributed by atoms with van der Waals surface area (Å²) in [7, 11) is 3.74. The van der Waals surface area contributed by atoms with Crippen molar-refractivity contribution in [2.45, 2.75) is 39.0 Å². The van der Waals surface area contributed by atoms with E-state index in [1.54, 1.807) is 7.11 Å². The number of halogens is 1. The maximum absolute atomic E-state index is 6.17. The fourth-order valence-corrected chi connectivity index (χ4v) is 3.89. The van der Waals surface area contributed by atoms with E-state index in [0.717, 1.165) is 24.1 Å². The van der Waals surface area contributed by atoms with Gasteiger partial charge < -0.3 is 10.1 Å². The Kier molecular flexibility index (Phi) is 5.95. The van der Waals surface area contributed by atoms with Crippen molar-refractivity contribution in [1.29, 1.82) is 0 Å². The third kappa shape index (κ3) is 3.92. The molecule has 0 amide bonds. The van der Waals surface area contributed by atoms with E-state index in [2.05, 4.69) is 31.3 Å². The zero-order valence-electron chi connectivity index (χ0n) is 13.7. The molecule has 1 saturated carbocycles. The van der Waals surface area contributed by atoms with Gasteiger partial charge in [0.05, 0.1) is 12.1 Å². The summed E-state index contributed by atoms with van der Waals surface area (Å²) in [5, 5.41) is 4.06. The van der Waals surface area contributed by atoms with Gasteiger partial charge in [0.2, 0.25) is 0 Å². The Balaban J connectivity index is 2.26. The van der Waals surface area contributed by atoms with Gasteiger partial charge in [-0.3, -0.25) is 0 Å². The molecule has 3 heteroatoms. The lowest BCUT2D eigenvalue weighted by atomic mass is 9.68. The van der Waals surface area contributed by atoms with E-state index in [0.29, 0.717) is 16.9 Å². The lowest BCUT2D eigenvalue weighted by molar-refractivity contribution is 0.192. The highest BCUT2D eigenvalue weighted by molar-refractivity contribution is 6.32. The average molecular weight is 310 g/mol. The molecule has 1 aromatic rings. The molecule has 0 aromatic heterocycles. The Bertz CT molecular complexity index is 461. The van der Waals surface area contributed by atoms with Crippen molar-refractivity contribution in [2.24, 2.45) is 17.8 Å². The first kappa shape index (κ1) is 16.6. The highest BCUT2D eigenvalue weighted by atomic mass is 35.5. The number of rotatable bonds is 5. The Labute approximate surface area is 134 Å². The first-order valence-electron chi connectivity index (χ1n) is 8.04. The number of hydrogen-bond acceptors (Lipinski definition) is 2. The standard InChI is InChI=1S/C18H28ClNO/c1-12(2)13-5-6-15(11-20-3)16(9-13)14-7-8-17(19)18(10-14)21-4/h7-8,10,12-13,15-16,20H,5-6,9,11H2,1-4H3. The topological polar surface area (TPSA) is 21.3 Å². The van der Waals surface area contributed by atoms with E-state index in [1.807, 2.05) is 13.1 Å². The first-order valence-corrected chi connectivity index (χ1v) is 8.42. The SMILES string of the molecule is CNCC1CCC(C(C)C)CC1c1ccc(Cl)c(OC)c1. The second kappa shape index (κ2) is 7.51. The number of ether oxygens (including phenoxy) is 1. The molecule has 0 heterocycles. The smallest absolute Gasteiger partial charge is 0.137 e. The van der Waals surface area contributed by atoms with Crippen LogP contribution < -0.4 is 10.1 Å². The summed E-state index contributed by atoms with van der Waals surface area (Å²) in [6, 6.07) is 6.30. The molecule has 0 radical (unpaired) electrons. The molecule has 1 aliphatic carbocycles. The number of benzene rings is 1. The van der Waals surface area contributed by atoms with Gasteiger partial charge in [-0.25, -0.2) is 0 Å². The van der Waals surface area contributed by atoms with Gasteiger partial charge in [0.1, 0.15) is 5.75 Å². The quantitative estimate of drug-likeness (QED) is 0.849. The van der Waals surface area contributed by atoms with E-state index < -0.39 is 0 Å².